The van der Waals surface area contributed by atoms with Crippen LogP contribution in [0.1, 0.15) is 18.3 Å². The molecule has 1 aromatic heterocycles. The highest BCUT2D eigenvalue weighted by atomic mass is 19.1. The number of benzene rings is 1. The molecule has 2 N–H and O–H groups in total. The van der Waals surface area contributed by atoms with E-state index in [1.54, 1.807) is 18.3 Å². The van der Waals surface area contributed by atoms with Crippen molar-refractivity contribution in [3.8, 4) is 0 Å². The van der Waals surface area contributed by atoms with E-state index in [-0.39, 0.29) is 11.9 Å². The molecule has 18 heavy (non-hydrogen) atoms. The zero-order chi connectivity index (χ0) is 13.0. The molecule has 0 amide bonds. The van der Waals surface area contributed by atoms with Gasteiger partial charge < -0.3 is 10.3 Å². The highest BCUT2D eigenvalue weighted by Gasteiger charge is 2.11. The van der Waals surface area contributed by atoms with Gasteiger partial charge in [0.05, 0.1) is 0 Å². The molecule has 1 aromatic carbocycles. The van der Waals surface area contributed by atoms with Gasteiger partial charge in [0.25, 0.3) is 0 Å². The Bertz CT molecular complexity index is 507. The van der Waals surface area contributed by atoms with E-state index in [4.69, 9.17) is 5.73 Å². The van der Waals surface area contributed by atoms with Crippen LogP contribution in [-0.2, 0) is 19.4 Å². The summed E-state index contributed by atoms with van der Waals surface area (Å²) in [7, 11) is 0. The summed E-state index contributed by atoms with van der Waals surface area (Å²) in [6, 6.07) is 6.65. The van der Waals surface area contributed by atoms with Crippen LogP contribution in [0.2, 0.25) is 0 Å². The van der Waals surface area contributed by atoms with Crippen LogP contribution in [-0.4, -0.2) is 15.6 Å². The Morgan fingerprint density at radius 1 is 1.33 bits per heavy atom. The lowest BCUT2D eigenvalue weighted by Gasteiger charge is -2.12. The molecule has 1 atom stereocenters. The van der Waals surface area contributed by atoms with E-state index in [0.29, 0.717) is 18.4 Å². The van der Waals surface area contributed by atoms with Crippen LogP contribution >= 0.6 is 0 Å². The third-order valence-corrected chi connectivity index (χ3v) is 3.03. The summed E-state index contributed by atoms with van der Waals surface area (Å²) in [5.41, 5.74) is 6.74. The Kier molecular flexibility index (Phi) is 4.10. The van der Waals surface area contributed by atoms with Crippen LogP contribution in [0.4, 0.5) is 4.39 Å². The zero-order valence-electron chi connectivity index (χ0n) is 10.5. The van der Waals surface area contributed by atoms with Crippen molar-refractivity contribution in [1.29, 1.82) is 0 Å². The van der Waals surface area contributed by atoms with E-state index in [0.717, 1.165) is 12.4 Å². The standard InChI is InChI=1S/C14H18FN3/c1-2-18-8-7-17-14(18)10-12(16)9-11-5-3-4-6-13(11)15/h3-8,12H,2,9-10,16H2,1H3. The van der Waals surface area contributed by atoms with Gasteiger partial charge in [-0.3, -0.25) is 0 Å². The first-order valence-electron chi connectivity index (χ1n) is 6.19. The molecule has 0 saturated carbocycles. The van der Waals surface area contributed by atoms with Gasteiger partial charge in [-0.1, -0.05) is 18.2 Å². The van der Waals surface area contributed by atoms with Crippen molar-refractivity contribution in [2.24, 2.45) is 5.73 Å². The van der Waals surface area contributed by atoms with Crippen LogP contribution in [0, 0.1) is 5.82 Å². The maximum absolute atomic E-state index is 13.5. The molecule has 0 bridgehead atoms. The number of rotatable bonds is 5. The van der Waals surface area contributed by atoms with Gasteiger partial charge in [-0.05, 0) is 25.0 Å². The average Bonchev–Trinajstić information content (AvgIpc) is 2.79. The van der Waals surface area contributed by atoms with Crippen LogP contribution in [0.25, 0.3) is 0 Å². The molecule has 0 aliphatic rings. The van der Waals surface area contributed by atoms with Crippen molar-refractivity contribution in [3.63, 3.8) is 0 Å². The second kappa shape index (κ2) is 5.78. The normalized spacial score (nSPS) is 12.6. The molecule has 0 aliphatic carbocycles. The molecule has 0 saturated heterocycles. The summed E-state index contributed by atoms with van der Waals surface area (Å²) in [6.45, 7) is 2.94. The zero-order valence-corrected chi connectivity index (χ0v) is 10.5. The molecule has 0 aliphatic heterocycles. The summed E-state index contributed by atoms with van der Waals surface area (Å²) in [6.07, 6.45) is 4.90. The second-order valence-corrected chi connectivity index (χ2v) is 4.39. The van der Waals surface area contributed by atoms with Crippen molar-refractivity contribution in [3.05, 3.63) is 53.9 Å². The molecule has 0 fully saturated rings. The number of aryl methyl sites for hydroxylation is 1. The predicted octanol–water partition coefficient (Wildman–Crippen LogP) is 2.15. The molecule has 3 nitrogen and oxygen atoms in total. The lowest BCUT2D eigenvalue weighted by molar-refractivity contribution is 0.567. The largest absolute Gasteiger partial charge is 0.335 e. The first-order chi connectivity index (χ1) is 8.70. The van der Waals surface area contributed by atoms with Gasteiger partial charge >= 0.3 is 0 Å². The number of hydrogen-bond acceptors (Lipinski definition) is 2. The minimum atomic E-state index is -0.188. The van der Waals surface area contributed by atoms with E-state index < -0.39 is 0 Å². The van der Waals surface area contributed by atoms with Crippen LogP contribution < -0.4 is 5.73 Å². The van der Waals surface area contributed by atoms with Crippen molar-refractivity contribution in [2.75, 3.05) is 0 Å². The smallest absolute Gasteiger partial charge is 0.126 e. The van der Waals surface area contributed by atoms with Crippen LogP contribution in [0.5, 0.6) is 0 Å². The SMILES string of the molecule is CCn1ccnc1CC(N)Cc1ccccc1F. The topological polar surface area (TPSA) is 43.8 Å². The summed E-state index contributed by atoms with van der Waals surface area (Å²) < 4.78 is 15.6. The summed E-state index contributed by atoms with van der Waals surface area (Å²) in [5, 5.41) is 0. The van der Waals surface area contributed by atoms with Crippen LogP contribution in [0.15, 0.2) is 36.7 Å². The number of hydrogen-bond donors (Lipinski definition) is 1. The van der Waals surface area contributed by atoms with Gasteiger partial charge in [0.2, 0.25) is 0 Å². The van der Waals surface area contributed by atoms with Crippen LogP contribution in [0.3, 0.4) is 0 Å². The van der Waals surface area contributed by atoms with Crippen molar-refractivity contribution in [2.45, 2.75) is 32.4 Å². The monoisotopic (exact) mass is 247 g/mol. The Hall–Kier alpha value is -1.68. The Morgan fingerprint density at radius 2 is 2.11 bits per heavy atom. The molecule has 1 heterocycles. The van der Waals surface area contributed by atoms with Gasteiger partial charge in [-0.15, -0.1) is 0 Å². The maximum Gasteiger partial charge on any atom is 0.126 e. The minimum absolute atomic E-state index is 0.116. The third-order valence-electron chi connectivity index (χ3n) is 3.03. The highest BCUT2D eigenvalue weighted by Crippen LogP contribution is 2.10. The van der Waals surface area contributed by atoms with Gasteiger partial charge in [-0.2, -0.15) is 0 Å². The number of imidazole rings is 1. The lowest BCUT2D eigenvalue weighted by atomic mass is 10.0. The van der Waals surface area contributed by atoms with Gasteiger partial charge in [-0.25, -0.2) is 9.37 Å². The fraction of sp³-hybridized carbons (Fsp3) is 0.357. The average molecular weight is 247 g/mol. The fourth-order valence-electron chi connectivity index (χ4n) is 2.07. The predicted molar refractivity (Wildman–Crippen MR) is 69.7 cm³/mol. The Morgan fingerprint density at radius 3 is 2.83 bits per heavy atom. The molecular formula is C14H18FN3. The van der Waals surface area contributed by atoms with E-state index in [1.165, 1.54) is 6.07 Å². The summed E-state index contributed by atoms with van der Waals surface area (Å²) in [5.74, 6) is 0.771. The second-order valence-electron chi connectivity index (χ2n) is 4.39. The minimum Gasteiger partial charge on any atom is -0.335 e. The number of nitrogens with two attached hydrogens (primary N) is 1. The molecule has 2 rings (SSSR count). The Balaban J connectivity index is 2.01. The third kappa shape index (κ3) is 2.96. The summed E-state index contributed by atoms with van der Waals surface area (Å²) in [4.78, 5) is 4.28. The van der Waals surface area contributed by atoms with E-state index >= 15 is 0 Å². The molecule has 0 spiro atoms. The molecule has 2 aromatic rings. The van der Waals surface area contributed by atoms with Crippen molar-refractivity contribution >= 4 is 0 Å². The molecule has 4 heteroatoms. The maximum atomic E-state index is 13.5. The molecule has 96 valence electrons. The van der Waals surface area contributed by atoms with Gasteiger partial charge in [0.1, 0.15) is 11.6 Å². The van der Waals surface area contributed by atoms with E-state index in [9.17, 15) is 4.39 Å². The first kappa shape index (κ1) is 12.8. The summed E-state index contributed by atoms with van der Waals surface area (Å²) >= 11 is 0. The molecular weight excluding hydrogens is 229 g/mol. The number of nitrogens with zero attached hydrogens (tertiary/aromatic N) is 2. The lowest BCUT2D eigenvalue weighted by Crippen LogP contribution is -2.27. The molecule has 1 unspecified atom stereocenters. The number of halogens is 1. The number of aromatic nitrogens is 2. The van der Waals surface area contributed by atoms with Crippen molar-refractivity contribution < 1.29 is 4.39 Å². The van der Waals surface area contributed by atoms with E-state index in [1.807, 2.05) is 12.3 Å². The van der Waals surface area contributed by atoms with Gasteiger partial charge in [0, 0.05) is 31.4 Å². The van der Waals surface area contributed by atoms with Gasteiger partial charge in [0.15, 0.2) is 0 Å². The highest BCUT2D eigenvalue weighted by molar-refractivity contribution is 5.18. The Labute approximate surface area is 106 Å². The quantitative estimate of drug-likeness (QED) is 0.879. The first-order valence-corrected chi connectivity index (χ1v) is 6.19. The van der Waals surface area contributed by atoms with Crippen molar-refractivity contribution in [1.82, 2.24) is 9.55 Å². The molecule has 0 radical (unpaired) electrons. The fourth-order valence-corrected chi connectivity index (χ4v) is 2.07. The van der Waals surface area contributed by atoms with E-state index in [2.05, 4.69) is 16.5 Å².